The zero-order valence-corrected chi connectivity index (χ0v) is 8.66. The molecule has 0 atom stereocenters. The molecule has 0 aliphatic rings. The van der Waals surface area contributed by atoms with Crippen molar-refractivity contribution in [1.82, 2.24) is 4.98 Å². The van der Waals surface area contributed by atoms with Gasteiger partial charge in [0.1, 0.15) is 0 Å². The topological polar surface area (TPSA) is 49.9 Å². The van der Waals surface area contributed by atoms with Gasteiger partial charge in [0.15, 0.2) is 11.2 Å². The van der Waals surface area contributed by atoms with Crippen LogP contribution in [-0.2, 0) is 0 Å². The lowest BCUT2D eigenvalue weighted by Crippen LogP contribution is -2.16. The number of nitrogens with one attached hydrogen (secondary N) is 1. The number of hydrogen-bond donors (Lipinski definition) is 2. The number of rotatable bonds is 1. The van der Waals surface area contributed by atoms with Crippen LogP contribution >= 0.6 is 12.6 Å². The van der Waals surface area contributed by atoms with E-state index in [2.05, 4.69) is 17.6 Å². The number of pyridine rings is 1. The first-order valence-corrected chi connectivity index (χ1v) is 4.33. The van der Waals surface area contributed by atoms with Gasteiger partial charge in [0.2, 0.25) is 0 Å². The number of aromatic amines is 1. The molecule has 1 aromatic heterocycles. The lowest BCUT2D eigenvalue weighted by molar-refractivity contribution is 0.101. The van der Waals surface area contributed by atoms with Crippen molar-refractivity contribution < 1.29 is 4.79 Å². The van der Waals surface area contributed by atoms with Crippen LogP contribution in [0.1, 0.15) is 28.5 Å². The van der Waals surface area contributed by atoms with Gasteiger partial charge in [-0.2, -0.15) is 0 Å². The highest BCUT2D eigenvalue weighted by atomic mass is 32.1. The van der Waals surface area contributed by atoms with Crippen molar-refractivity contribution >= 4 is 18.4 Å². The first-order valence-electron chi connectivity index (χ1n) is 3.88. The summed E-state index contributed by atoms with van der Waals surface area (Å²) in [7, 11) is 0. The quantitative estimate of drug-likeness (QED) is 0.529. The molecule has 0 saturated carbocycles. The van der Waals surface area contributed by atoms with Crippen LogP contribution in [0, 0.1) is 13.8 Å². The van der Waals surface area contributed by atoms with E-state index in [4.69, 9.17) is 0 Å². The highest BCUT2D eigenvalue weighted by Crippen LogP contribution is 2.09. The number of carbonyl (C=O) groups excluding carboxylic acids is 1. The van der Waals surface area contributed by atoms with Gasteiger partial charge < -0.3 is 4.98 Å². The molecule has 1 heterocycles. The molecule has 1 rings (SSSR count). The Morgan fingerprint density at radius 3 is 2.31 bits per heavy atom. The Labute approximate surface area is 81.6 Å². The minimum atomic E-state index is -0.148. The maximum atomic E-state index is 11.5. The molecule has 0 amide bonds. The van der Waals surface area contributed by atoms with Gasteiger partial charge in [0, 0.05) is 18.1 Å². The van der Waals surface area contributed by atoms with Crippen LogP contribution in [0.25, 0.3) is 0 Å². The Morgan fingerprint density at radius 2 is 1.85 bits per heavy atom. The van der Waals surface area contributed by atoms with Crippen molar-refractivity contribution in [1.29, 1.82) is 0 Å². The van der Waals surface area contributed by atoms with Crippen LogP contribution < -0.4 is 5.43 Å². The van der Waals surface area contributed by atoms with Crippen LogP contribution in [-0.4, -0.2) is 10.8 Å². The second-order valence-corrected chi connectivity index (χ2v) is 3.43. The van der Waals surface area contributed by atoms with Crippen molar-refractivity contribution in [3.63, 3.8) is 0 Å². The van der Waals surface area contributed by atoms with E-state index in [9.17, 15) is 9.59 Å². The van der Waals surface area contributed by atoms with Gasteiger partial charge in [-0.05, 0) is 13.8 Å². The van der Waals surface area contributed by atoms with E-state index < -0.39 is 0 Å². The van der Waals surface area contributed by atoms with Gasteiger partial charge in [-0.15, -0.1) is 12.6 Å². The van der Waals surface area contributed by atoms with Crippen molar-refractivity contribution in [2.45, 2.75) is 25.8 Å². The van der Waals surface area contributed by atoms with E-state index in [1.807, 2.05) is 0 Å². The SMILES string of the molecule is CC(=O)c1[nH]c(S)c(C)c(=O)c1C. The predicted molar refractivity (Wildman–Crippen MR) is 53.8 cm³/mol. The summed E-state index contributed by atoms with van der Waals surface area (Å²) in [6, 6.07) is 0. The molecule has 1 N–H and O–H groups in total. The Kier molecular flexibility index (Phi) is 2.61. The van der Waals surface area contributed by atoms with Crippen LogP contribution in [0.4, 0.5) is 0 Å². The minimum absolute atomic E-state index is 0.117. The lowest BCUT2D eigenvalue weighted by Gasteiger charge is -2.05. The summed E-state index contributed by atoms with van der Waals surface area (Å²) in [6.07, 6.45) is 0. The third-order valence-electron chi connectivity index (χ3n) is 2.01. The fraction of sp³-hybridized carbons (Fsp3) is 0.333. The van der Waals surface area contributed by atoms with Crippen molar-refractivity contribution in [3.05, 3.63) is 27.0 Å². The van der Waals surface area contributed by atoms with Gasteiger partial charge in [-0.1, -0.05) is 0 Å². The summed E-state index contributed by atoms with van der Waals surface area (Å²) < 4.78 is 0. The molecule has 0 aliphatic carbocycles. The van der Waals surface area contributed by atoms with Crippen LogP contribution in [0.5, 0.6) is 0 Å². The third kappa shape index (κ3) is 1.67. The van der Waals surface area contributed by atoms with E-state index in [1.54, 1.807) is 13.8 Å². The smallest absolute Gasteiger partial charge is 0.189 e. The van der Waals surface area contributed by atoms with E-state index in [1.165, 1.54) is 6.92 Å². The van der Waals surface area contributed by atoms with Gasteiger partial charge in [0.05, 0.1) is 10.7 Å². The molecule has 0 aliphatic heterocycles. The lowest BCUT2D eigenvalue weighted by atomic mass is 10.1. The molecule has 0 saturated heterocycles. The number of aromatic nitrogens is 1. The maximum absolute atomic E-state index is 11.5. The molecule has 1 aromatic rings. The zero-order valence-electron chi connectivity index (χ0n) is 7.76. The number of ketones is 1. The molecular weight excluding hydrogens is 186 g/mol. The summed E-state index contributed by atoms with van der Waals surface area (Å²) >= 11 is 4.07. The molecular formula is C9H11NO2S. The largest absolute Gasteiger partial charge is 0.347 e. The molecule has 13 heavy (non-hydrogen) atoms. The Hall–Kier alpha value is -1.03. The van der Waals surface area contributed by atoms with E-state index in [0.717, 1.165) is 0 Å². The third-order valence-corrected chi connectivity index (χ3v) is 2.45. The summed E-state index contributed by atoms with van der Waals surface area (Å²) in [5.74, 6) is -0.148. The average Bonchev–Trinajstić information content (AvgIpc) is 2.07. The predicted octanol–water partition coefficient (Wildman–Crippen LogP) is 1.48. The second kappa shape index (κ2) is 3.38. The summed E-state index contributed by atoms with van der Waals surface area (Å²) in [5, 5.41) is 0.459. The monoisotopic (exact) mass is 197 g/mol. The standard InChI is InChI=1S/C9H11NO2S/c1-4-7(6(3)11)10-9(13)5(2)8(4)12/h1-3H3,(H2,10,12,13). The van der Waals surface area contributed by atoms with Crippen molar-refractivity contribution in [2.24, 2.45) is 0 Å². The normalized spacial score (nSPS) is 10.2. The summed E-state index contributed by atoms with van der Waals surface area (Å²) in [4.78, 5) is 25.4. The Morgan fingerprint density at radius 1 is 1.31 bits per heavy atom. The molecule has 0 radical (unpaired) electrons. The molecule has 0 fully saturated rings. The molecule has 3 nitrogen and oxygen atoms in total. The molecule has 4 heteroatoms. The van der Waals surface area contributed by atoms with Crippen molar-refractivity contribution in [2.75, 3.05) is 0 Å². The highest BCUT2D eigenvalue weighted by molar-refractivity contribution is 7.80. The average molecular weight is 197 g/mol. The fourth-order valence-corrected chi connectivity index (χ4v) is 1.37. The minimum Gasteiger partial charge on any atom is -0.347 e. The molecule has 0 unspecified atom stereocenters. The summed E-state index contributed by atoms with van der Waals surface area (Å²) in [5.41, 5.74) is 1.24. The van der Waals surface area contributed by atoms with Crippen LogP contribution in [0.3, 0.4) is 0 Å². The molecule has 0 bridgehead atoms. The number of Topliss-reactive ketones (excluding diaryl/α,β-unsaturated/α-hetero) is 1. The molecule has 0 aromatic carbocycles. The van der Waals surface area contributed by atoms with Gasteiger partial charge in [-0.3, -0.25) is 9.59 Å². The Bertz CT molecular complexity index is 420. The van der Waals surface area contributed by atoms with E-state index in [-0.39, 0.29) is 11.2 Å². The molecule has 70 valence electrons. The van der Waals surface area contributed by atoms with Crippen LogP contribution in [0.15, 0.2) is 9.82 Å². The van der Waals surface area contributed by atoms with Crippen LogP contribution in [0.2, 0.25) is 0 Å². The number of hydrogen-bond acceptors (Lipinski definition) is 3. The van der Waals surface area contributed by atoms with E-state index in [0.29, 0.717) is 21.8 Å². The zero-order chi connectivity index (χ0) is 10.2. The number of thiol groups is 1. The number of carbonyl (C=O) groups is 1. The van der Waals surface area contributed by atoms with Crippen molar-refractivity contribution in [3.8, 4) is 0 Å². The second-order valence-electron chi connectivity index (χ2n) is 2.98. The first-order chi connectivity index (χ1) is 5.95. The van der Waals surface area contributed by atoms with Gasteiger partial charge in [-0.25, -0.2) is 0 Å². The van der Waals surface area contributed by atoms with E-state index >= 15 is 0 Å². The first kappa shape index (κ1) is 10.1. The van der Waals surface area contributed by atoms with Gasteiger partial charge >= 0.3 is 0 Å². The highest BCUT2D eigenvalue weighted by Gasteiger charge is 2.11. The fourth-order valence-electron chi connectivity index (χ4n) is 1.16. The Balaban J connectivity index is 3.60. The van der Waals surface area contributed by atoms with Gasteiger partial charge in [0.25, 0.3) is 0 Å². The maximum Gasteiger partial charge on any atom is 0.189 e. The summed E-state index contributed by atoms with van der Waals surface area (Å²) in [6.45, 7) is 4.73. The number of H-pyrrole nitrogens is 1. The molecule has 0 spiro atoms.